The maximum Gasteiger partial charge on any atom is -0.0260 e. The zero-order valence-electron chi connectivity index (χ0n) is 8.89. The lowest BCUT2D eigenvalue weighted by Crippen LogP contribution is -2.29. The van der Waals surface area contributed by atoms with E-state index < -0.39 is 0 Å². The van der Waals surface area contributed by atoms with Gasteiger partial charge in [-0.1, -0.05) is 44.8 Å². The summed E-state index contributed by atoms with van der Waals surface area (Å²) in [5.41, 5.74) is 0.662. The van der Waals surface area contributed by atoms with Crippen LogP contribution in [0.5, 0.6) is 0 Å². The van der Waals surface area contributed by atoms with Crippen molar-refractivity contribution in [3.63, 3.8) is 0 Å². The predicted octanol–water partition coefficient (Wildman–Crippen LogP) is 4.31. The van der Waals surface area contributed by atoms with Crippen LogP contribution in [0.25, 0.3) is 0 Å². The van der Waals surface area contributed by atoms with E-state index in [1.165, 1.54) is 51.4 Å². The predicted molar refractivity (Wildman–Crippen MR) is 57.7 cm³/mol. The van der Waals surface area contributed by atoms with Crippen LogP contribution in [0.1, 0.15) is 58.3 Å². The lowest BCUT2D eigenvalue weighted by Gasteiger charge is -2.41. The van der Waals surface area contributed by atoms with E-state index in [0.717, 1.165) is 5.92 Å². The molecule has 13 heavy (non-hydrogen) atoms. The molecule has 0 aliphatic heterocycles. The fourth-order valence-corrected chi connectivity index (χ4v) is 3.11. The van der Waals surface area contributed by atoms with E-state index in [9.17, 15) is 0 Å². The molecular formula is C13H22. The van der Waals surface area contributed by atoms with Crippen LogP contribution in [0.2, 0.25) is 0 Å². The third kappa shape index (κ3) is 1.98. The molecule has 0 aromatic carbocycles. The number of rotatable bonds is 0. The van der Waals surface area contributed by atoms with Gasteiger partial charge in [0.15, 0.2) is 0 Å². The first-order valence-electron chi connectivity index (χ1n) is 5.96. The van der Waals surface area contributed by atoms with Crippen LogP contribution in [0.15, 0.2) is 12.2 Å². The normalized spacial score (nSPS) is 40.5. The molecule has 0 bridgehead atoms. The van der Waals surface area contributed by atoms with E-state index >= 15 is 0 Å². The van der Waals surface area contributed by atoms with Crippen LogP contribution < -0.4 is 0 Å². The van der Waals surface area contributed by atoms with E-state index in [2.05, 4.69) is 19.1 Å². The van der Waals surface area contributed by atoms with Crippen molar-refractivity contribution in [2.24, 2.45) is 11.3 Å². The van der Waals surface area contributed by atoms with Gasteiger partial charge in [-0.2, -0.15) is 0 Å². The van der Waals surface area contributed by atoms with Gasteiger partial charge in [-0.25, -0.2) is 0 Å². The molecule has 2 atom stereocenters. The standard InChI is InChI=1S/C13H22/c1-13-10-6-3-2-4-8-12(13)9-5-7-11-13/h5,7,12H,2-4,6,8-11H2,1H3/t12-,13-/m0/s1. The fourth-order valence-electron chi connectivity index (χ4n) is 3.11. The molecule has 1 saturated carbocycles. The molecule has 74 valence electrons. The average Bonchev–Trinajstić information content (AvgIpc) is 2.09. The van der Waals surface area contributed by atoms with Gasteiger partial charge in [-0.15, -0.1) is 0 Å². The van der Waals surface area contributed by atoms with Crippen LogP contribution in [0.4, 0.5) is 0 Å². The summed E-state index contributed by atoms with van der Waals surface area (Å²) in [7, 11) is 0. The Balaban J connectivity index is 2.08. The van der Waals surface area contributed by atoms with E-state index in [0.29, 0.717) is 5.41 Å². The molecule has 0 unspecified atom stereocenters. The average molecular weight is 178 g/mol. The molecule has 0 spiro atoms. The van der Waals surface area contributed by atoms with Crippen LogP contribution in [-0.2, 0) is 0 Å². The number of fused-ring (bicyclic) bond motifs is 1. The van der Waals surface area contributed by atoms with E-state index in [1.54, 1.807) is 0 Å². The Morgan fingerprint density at radius 3 is 2.85 bits per heavy atom. The maximum atomic E-state index is 2.52. The van der Waals surface area contributed by atoms with Gasteiger partial charge in [0.2, 0.25) is 0 Å². The Morgan fingerprint density at radius 1 is 1.08 bits per heavy atom. The van der Waals surface area contributed by atoms with Crippen molar-refractivity contribution < 1.29 is 0 Å². The molecule has 0 nitrogen and oxygen atoms in total. The molecule has 2 aliphatic rings. The minimum absolute atomic E-state index is 0.662. The van der Waals surface area contributed by atoms with Gasteiger partial charge in [0, 0.05) is 0 Å². The number of hydrogen-bond donors (Lipinski definition) is 0. The van der Waals surface area contributed by atoms with Crippen LogP contribution in [0.3, 0.4) is 0 Å². The summed E-state index contributed by atoms with van der Waals surface area (Å²) in [5.74, 6) is 0.998. The topological polar surface area (TPSA) is 0 Å². The van der Waals surface area contributed by atoms with Crippen molar-refractivity contribution in [1.29, 1.82) is 0 Å². The third-order valence-corrected chi connectivity index (χ3v) is 4.21. The first-order chi connectivity index (χ1) is 6.31. The lowest BCUT2D eigenvalue weighted by molar-refractivity contribution is 0.134. The van der Waals surface area contributed by atoms with Crippen molar-refractivity contribution in [3.05, 3.63) is 12.2 Å². The lowest BCUT2D eigenvalue weighted by atomic mass is 9.64. The van der Waals surface area contributed by atoms with E-state index in [-0.39, 0.29) is 0 Å². The van der Waals surface area contributed by atoms with E-state index in [4.69, 9.17) is 0 Å². The Kier molecular flexibility index (Phi) is 2.76. The van der Waals surface area contributed by atoms with Crippen molar-refractivity contribution in [2.75, 3.05) is 0 Å². The molecule has 0 heterocycles. The highest BCUT2D eigenvalue weighted by molar-refractivity contribution is 5.00. The van der Waals surface area contributed by atoms with Gasteiger partial charge < -0.3 is 0 Å². The minimum atomic E-state index is 0.662. The smallest absolute Gasteiger partial charge is 0.0260 e. The van der Waals surface area contributed by atoms with Crippen molar-refractivity contribution in [3.8, 4) is 0 Å². The largest absolute Gasteiger partial charge is 0.0882 e. The second kappa shape index (κ2) is 3.86. The second-order valence-electron chi connectivity index (χ2n) is 5.22. The molecule has 1 fully saturated rings. The summed E-state index contributed by atoms with van der Waals surface area (Å²) >= 11 is 0. The molecule has 0 amide bonds. The summed E-state index contributed by atoms with van der Waals surface area (Å²) in [4.78, 5) is 0. The molecule has 0 radical (unpaired) electrons. The van der Waals surface area contributed by atoms with Gasteiger partial charge in [-0.05, 0) is 37.0 Å². The molecule has 0 aromatic rings. The van der Waals surface area contributed by atoms with Gasteiger partial charge >= 0.3 is 0 Å². The zero-order chi connectivity index (χ0) is 9.15. The van der Waals surface area contributed by atoms with Gasteiger partial charge in [0.1, 0.15) is 0 Å². The Bertz CT molecular complexity index is 192. The Morgan fingerprint density at radius 2 is 1.92 bits per heavy atom. The molecule has 2 aliphatic carbocycles. The monoisotopic (exact) mass is 178 g/mol. The molecule has 0 N–H and O–H groups in total. The summed E-state index contributed by atoms with van der Waals surface area (Å²) in [6.45, 7) is 2.52. The van der Waals surface area contributed by atoms with Crippen LogP contribution in [0, 0.1) is 11.3 Å². The highest BCUT2D eigenvalue weighted by atomic mass is 14.4. The Labute approximate surface area is 82.4 Å². The molecular weight excluding hydrogens is 156 g/mol. The third-order valence-electron chi connectivity index (χ3n) is 4.21. The molecule has 0 heteroatoms. The van der Waals surface area contributed by atoms with Crippen molar-refractivity contribution in [2.45, 2.75) is 58.3 Å². The van der Waals surface area contributed by atoms with Gasteiger partial charge in [-0.3, -0.25) is 0 Å². The number of hydrogen-bond acceptors (Lipinski definition) is 0. The maximum absolute atomic E-state index is 2.52. The second-order valence-corrected chi connectivity index (χ2v) is 5.22. The van der Waals surface area contributed by atoms with E-state index in [1.807, 2.05) is 0 Å². The number of allylic oxidation sites excluding steroid dienone is 2. The summed E-state index contributed by atoms with van der Waals surface area (Å²) in [6, 6.07) is 0. The highest BCUT2D eigenvalue weighted by Crippen LogP contribution is 2.45. The zero-order valence-corrected chi connectivity index (χ0v) is 8.89. The van der Waals surface area contributed by atoms with Gasteiger partial charge in [0.25, 0.3) is 0 Å². The first kappa shape index (κ1) is 9.30. The van der Waals surface area contributed by atoms with Crippen molar-refractivity contribution >= 4 is 0 Å². The highest BCUT2D eigenvalue weighted by Gasteiger charge is 2.34. The summed E-state index contributed by atoms with van der Waals surface area (Å²) in [6.07, 6.45) is 16.4. The summed E-state index contributed by atoms with van der Waals surface area (Å²) < 4.78 is 0. The quantitative estimate of drug-likeness (QED) is 0.485. The SMILES string of the molecule is C[C@]12CC=CC[C@@H]1CCCCCC2. The van der Waals surface area contributed by atoms with Crippen molar-refractivity contribution in [1.82, 2.24) is 0 Å². The Hall–Kier alpha value is -0.260. The summed E-state index contributed by atoms with van der Waals surface area (Å²) in [5, 5.41) is 0. The van der Waals surface area contributed by atoms with Gasteiger partial charge in [0.05, 0.1) is 0 Å². The fraction of sp³-hybridized carbons (Fsp3) is 0.846. The molecule has 0 aromatic heterocycles. The van der Waals surface area contributed by atoms with Crippen LogP contribution >= 0.6 is 0 Å². The van der Waals surface area contributed by atoms with Crippen LogP contribution in [-0.4, -0.2) is 0 Å². The minimum Gasteiger partial charge on any atom is -0.0882 e. The molecule has 2 rings (SSSR count). The first-order valence-corrected chi connectivity index (χ1v) is 5.96. The molecule has 0 saturated heterocycles.